The zero-order chi connectivity index (χ0) is 13.0. The molecule has 6 heteroatoms. The minimum atomic E-state index is -0.509. The third kappa shape index (κ3) is 3.35. The maximum atomic E-state index is 11.8. The van der Waals surface area contributed by atoms with E-state index in [0.717, 1.165) is 0 Å². The molecule has 0 atom stereocenters. The Kier molecular flexibility index (Phi) is 4.34. The van der Waals surface area contributed by atoms with Crippen molar-refractivity contribution < 1.29 is 19.4 Å². The summed E-state index contributed by atoms with van der Waals surface area (Å²) in [7, 11) is 2.72. The monoisotopic (exact) mass is 257 g/mol. The van der Waals surface area contributed by atoms with Crippen LogP contribution in [0.1, 0.15) is 10.4 Å². The topological polar surface area (TPSA) is 66.8 Å². The van der Waals surface area contributed by atoms with Gasteiger partial charge < -0.3 is 14.7 Å². The maximum absolute atomic E-state index is 11.8. The van der Waals surface area contributed by atoms with E-state index in [-0.39, 0.29) is 23.2 Å². The van der Waals surface area contributed by atoms with Gasteiger partial charge in [-0.1, -0.05) is 11.6 Å². The number of nitrogens with zero attached hydrogens (tertiary/aromatic N) is 1. The van der Waals surface area contributed by atoms with E-state index < -0.39 is 5.97 Å². The van der Waals surface area contributed by atoms with Crippen molar-refractivity contribution in [2.75, 3.05) is 20.7 Å². The summed E-state index contributed by atoms with van der Waals surface area (Å²) in [5, 5.41) is 9.30. The fourth-order valence-electron chi connectivity index (χ4n) is 1.19. The number of rotatable bonds is 3. The molecule has 0 spiro atoms. The van der Waals surface area contributed by atoms with Gasteiger partial charge in [-0.05, 0) is 18.2 Å². The lowest BCUT2D eigenvalue weighted by molar-refractivity contribution is -0.141. The average molecular weight is 258 g/mol. The summed E-state index contributed by atoms with van der Waals surface area (Å²) in [5.41, 5.74) is 0.291. The van der Waals surface area contributed by atoms with Gasteiger partial charge in [0.15, 0.2) is 0 Å². The third-order valence-electron chi connectivity index (χ3n) is 2.14. The van der Waals surface area contributed by atoms with Crippen LogP contribution in [0.25, 0.3) is 0 Å². The van der Waals surface area contributed by atoms with Crippen molar-refractivity contribution in [2.24, 2.45) is 0 Å². The molecule has 1 aromatic rings. The van der Waals surface area contributed by atoms with Crippen LogP contribution in [-0.4, -0.2) is 42.6 Å². The lowest BCUT2D eigenvalue weighted by Gasteiger charge is -2.15. The van der Waals surface area contributed by atoms with Crippen molar-refractivity contribution in [3.05, 3.63) is 28.8 Å². The van der Waals surface area contributed by atoms with Crippen LogP contribution in [0.15, 0.2) is 18.2 Å². The van der Waals surface area contributed by atoms with Crippen molar-refractivity contribution in [1.29, 1.82) is 0 Å². The second-order valence-corrected chi connectivity index (χ2v) is 3.81. The minimum absolute atomic E-state index is 0.0855. The maximum Gasteiger partial charge on any atom is 0.325 e. The second kappa shape index (κ2) is 5.54. The van der Waals surface area contributed by atoms with E-state index in [1.807, 2.05) is 0 Å². The molecule has 0 bridgehead atoms. The van der Waals surface area contributed by atoms with E-state index in [0.29, 0.717) is 5.56 Å². The Morgan fingerprint density at radius 3 is 2.65 bits per heavy atom. The highest BCUT2D eigenvalue weighted by Gasteiger charge is 2.16. The normalized spacial score (nSPS) is 9.82. The number of phenols is 1. The Balaban J connectivity index is 2.81. The summed E-state index contributed by atoms with van der Waals surface area (Å²) in [5.74, 6) is -0.984. The Labute approximate surface area is 104 Å². The van der Waals surface area contributed by atoms with Crippen LogP contribution in [-0.2, 0) is 9.53 Å². The molecule has 0 heterocycles. The molecule has 0 fully saturated rings. The van der Waals surface area contributed by atoms with Crippen molar-refractivity contribution in [1.82, 2.24) is 4.90 Å². The highest BCUT2D eigenvalue weighted by Crippen LogP contribution is 2.24. The molecule has 0 aliphatic rings. The molecular weight excluding hydrogens is 246 g/mol. The fraction of sp³-hybridized carbons (Fsp3) is 0.273. The molecule has 1 aromatic carbocycles. The van der Waals surface area contributed by atoms with Gasteiger partial charge in [0, 0.05) is 12.6 Å². The quantitative estimate of drug-likeness (QED) is 0.829. The summed E-state index contributed by atoms with van der Waals surface area (Å²) < 4.78 is 4.45. The first kappa shape index (κ1) is 13.3. The number of ether oxygens (including phenoxy) is 1. The number of carbonyl (C=O) groups is 2. The largest absolute Gasteiger partial charge is 0.506 e. The van der Waals surface area contributed by atoms with Gasteiger partial charge in [-0.2, -0.15) is 0 Å². The predicted octanol–water partition coefficient (Wildman–Crippen LogP) is 1.29. The smallest absolute Gasteiger partial charge is 0.325 e. The molecule has 17 heavy (non-hydrogen) atoms. The zero-order valence-electron chi connectivity index (χ0n) is 9.44. The number of amides is 1. The van der Waals surface area contributed by atoms with E-state index in [1.54, 1.807) is 0 Å². The van der Waals surface area contributed by atoms with Gasteiger partial charge in [-0.3, -0.25) is 9.59 Å². The van der Waals surface area contributed by atoms with Gasteiger partial charge in [-0.15, -0.1) is 0 Å². The van der Waals surface area contributed by atoms with Gasteiger partial charge >= 0.3 is 5.97 Å². The number of likely N-dealkylation sites (N-methyl/N-ethyl adjacent to an activating group) is 1. The molecule has 5 nitrogen and oxygen atoms in total. The highest BCUT2D eigenvalue weighted by atomic mass is 35.5. The molecule has 1 rings (SSSR count). The van der Waals surface area contributed by atoms with Gasteiger partial charge in [0.05, 0.1) is 12.1 Å². The lowest BCUT2D eigenvalue weighted by Crippen LogP contribution is -2.32. The first-order valence-electron chi connectivity index (χ1n) is 4.76. The molecule has 1 N–H and O–H groups in total. The molecule has 1 amide bonds. The average Bonchev–Trinajstić information content (AvgIpc) is 2.31. The van der Waals surface area contributed by atoms with E-state index in [1.165, 1.54) is 37.3 Å². The van der Waals surface area contributed by atoms with Crippen molar-refractivity contribution in [2.45, 2.75) is 0 Å². The number of halogens is 1. The molecule has 0 aliphatic carbocycles. The van der Waals surface area contributed by atoms with Crippen LogP contribution < -0.4 is 0 Å². The lowest BCUT2D eigenvalue weighted by atomic mass is 10.2. The summed E-state index contributed by atoms with van der Waals surface area (Å²) in [6.07, 6.45) is 0. The summed E-state index contributed by atoms with van der Waals surface area (Å²) >= 11 is 5.68. The molecule has 0 aliphatic heterocycles. The minimum Gasteiger partial charge on any atom is -0.506 e. The van der Waals surface area contributed by atoms with Gasteiger partial charge in [0.25, 0.3) is 5.91 Å². The van der Waals surface area contributed by atoms with E-state index in [9.17, 15) is 14.7 Å². The molecule has 0 saturated heterocycles. The summed E-state index contributed by atoms with van der Waals surface area (Å²) in [4.78, 5) is 24.0. The SMILES string of the molecule is COC(=O)CN(C)C(=O)c1ccc(O)c(Cl)c1. The fourth-order valence-corrected chi connectivity index (χ4v) is 1.37. The summed E-state index contributed by atoms with van der Waals surface area (Å²) in [6.45, 7) is -0.145. The number of esters is 1. The zero-order valence-corrected chi connectivity index (χ0v) is 10.2. The molecule has 0 unspecified atom stereocenters. The van der Waals surface area contributed by atoms with Crippen molar-refractivity contribution in [3.8, 4) is 5.75 Å². The van der Waals surface area contributed by atoms with E-state index >= 15 is 0 Å². The van der Waals surface area contributed by atoms with E-state index in [4.69, 9.17) is 11.6 Å². The number of hydrogen-bond donors (Lipinski definition) is 1. The Bertz CT molecular complexity index is 447. The van der Waals surface area contributed by atoms with Gasteiger partial charge in [0.2, 0.25) is 0 Å². The number of benzene rings is 1. The third-order valence-corrected chi connectivity index (χ3v) is 2.44. The van der Waals surface area contributed by atoms with Crippen LogP contribution in [0.4, 0.5) is 0 Å². The summed E-state index contributed by atoms with van der Waals surface area (Å²) in [6, 6.07) is 4.09. The molecule has 0 aromatic heterocycles. The molecular formula is C11H12ClNO4. The molecule has 0 saturated carbocycles. The Morgan fingerprint density at radius 2 is 2.12 bits per heavy atom. The van der Waals surface area contributed by atoms with Crippen LogP contribution in [0.5, 0.6) is 5.75 Å². The molecule has 92 valence electrons. The number of hydrogen-bond acceptors (Lipinski definition) is 4. The molecule has 0 radical (unpaired) electrons. The van der Waals surface area contributed by atoms with E-state index in [2.05, 4.69) is 4.74 Å². The first-order chi connectivity index (χ1) is 7.95. The standard InChI is InChI=1S/C11H12ClNO4/c1-13(6-10(15)17-2)11(16)7-3-4-9(14)8(12)5-7/h3-5,14H,6H2,1-2H3. The van der Waals surface area contributed by atoms with Crippen molar-refractivity contribution >= 4 is 23.5 Å². The number of methoxy groups -OCH3 is 1. The van der Waals surface area contributed by atoms with Crippen LogP contribution in [0.3, 0.4) is 0 Å². The Morgan fingerprint density at radius 1 is 1.47 bits per heavy atom. The van der Waals surface area contributed by atoms with Crippen LogP contribution in [0.2, 0.25) is 5.02 Å². The number of phenolic OH excluding ortho intramolecular Hbond substituents is 1. The highest BCUT2D eigenvalue weighted by molar-refractivity contribution is 6.32. The van der Waals surface area contributed by atoms with Gasteiger partial charge in [-0.25, -0.2) is 0 Å². The van der Waals surface area contributed by atoms with Crippen LogP contribution in [0, 0.1) is 0 Å². The first-order valence-corrected chi connectivity index (χ1v) is 5.14. The van der Waals surface area contributed by atoms with Gasteiger partial charge in [0.1, 0.15) is 12.3 Å². The number of carbonyl (C=O) groups excluding carboxylic acids is 2. The Hall–Kier alpha value is -1.75. The second-order valence-electron chi connectivity index (χ2n) is 3.40. The van der Waals surface area contributed by atoms with Crippen molar-refractivity contribution in [3.63, 3.8) is 0 Å². The van der Waals surface area contributed by atoms with Crippen LogP contribution >= 0.6 is 11.6 Å². The number of aromatic hydroxyl groups is 1. The predicted molar refractivity (Wildman–Crippen MR) is 62.1 cm³/mol.